The summed E-state index contributed by atoms with van der Waals surface area (Å²) >= 11 is 0. The third-order valence-corrected chi connectivity index (χ3v) is 3.63. The van der Waals surface area contributed by atoms with Gasteiger partial charge < -0.3 is 11.1 Å². The molecule has 1 aromatic heterocycles. The van der Waals surface area contributed by atoms with Gasteiger partial charge in [0.05, 0.1) is 0 Å². The monoisotopic (exact) mass is 284 g/mol. The lowest BCUT2D eigenvalue weighted by molar-refractivity contribution is 0.516. The van der Waals surface area contributed by atoms with Crippen molar-refractivity contribution in [3.8, 4) is 0 Å². The molecule has 1 aromatic carbocycles. The molecule has 1 heterocycles. The maximum atomic E-state index is 5.91. The molecular formula is C17H24N4. The highest BCUT2D eigenvalue weighted by Crippen LogP contribution is 2.23. The zero-order valence-electron chi connectivity index (χ0n) is 13.3. The molecule has 0 atom stereocenters. The van der Waals surface area contributed by atoms with Gasteiger partial charge in [-0.1, -0.05) is 30.3 Å². The van der Waals surface area contributed by atoms with Crippen LogP contribution < -0.4 is 11.1 Å². The molecule has 0 saturated heterocycles. The van der Waals surface area contributed by atoms with Crippen molar-refractivity contribution < 1.29 is 0 Å². The zero-order valence-corrected chi connectivity index (χ0v) is 13.3. The lowest BCUT2D eigenvalue weighted by atomic mass is 9.95. The Bertz CT molecular complexity index is 606. The number of hydrogen-bond donors (Lipinski definition) is 2. The third-order valence-electron chi connectivity index (χ3n) is 3.63. The number of anilines is 2. The van der Waals surface area contributed by atoms with E-state index in [2.05, 4.69) is 53.4 Å². The first kappa shape index (κ1) is 15.3. The zero-order chi connectivity index (χ0) is 15.5. The first-order valence-corrected chi connectivity index (χ1v) is 7.30. The van der Waals surface area contributed by atoms with Crippen LogP contribution in [-0.2, 0) is 6.42 Å². The second-order valence-electron chi connectivity index (χ2n) is 6.12. The summed E-state index contributed by atoms with van der Waals surface area (Å²) in [7, 11) is 0. The highest BCUT2D eigenvalue weighted by molar-refractivity contribution is 5.55. The van der Waals surface area contributed by atoms with Gasteiger partial charge in [0.25, 0.3) is 0 Å². The number of nitrogens with two attached hydrogens (primary N) is 1. The molecular weight excluding hydrogens is 260 g/mol. The second kappa shape index (κ2) is 6.12. The van der Waals surface area contributed by atoms with Crippen LogP contribution in [-0.4, -0.2) is 15.5 Å². The molecule has 0 spiro atoms. The van der Waals surface area contributed by atoms with Crippen molar-refractivity contribution >= 4 is 11.6 Å². The Morgan fingerprint density at radius 3 is 2.43 bits per heavy atom. The molecule has 0 bridgehead atoms. The van der Waals surface area contributed by atoms with Crippen LogP contribution >= 0.6 is 0 Å². The van der Waals surface area contributed by atoms with Crippen LogP contribution in [0.3, 0.4) is 0 Å². The molecule has 4 heteroatoms. The van der Waals surface area contributed by atoms with E-state index in [4.69, 9.17) is 5.73 Å². The number of aromatic nitrogens is 2. The van der Waals surface area contributed by atoms with Crippen LogP contribution in [0.5, 0.6) is 0 Å². The predicted molar refractivity (Wildman–Crippen MR) is 88.4 cm³/mol. The molecule has 3 N–H and O–H groups in total. The minimum Gasteiger partial charge on any atom is -0.383 e. The SMILES string of the molecule is Cc1nc(N)c(C)c(NC(C)(C)CCc2ccccc2)n1. The molecule has 2 aromatic rings. The fourth-order valence-electron chi connectivity index (χ4n) is 2.26. The Kier molecular flexibility index (Phi) is 4.46. The first-order chi connectivity index (χ1) is 9.87. The number of aryl methyl sites for hydroxylation is 2. The Morgan fingerprint density at radius 2 is 1.76 bits per heavy atom. The molecule has 0 radical (unpaired) electrons. The molecule has 4 nitrogen and oxygen atoms in total. The third kappa shape index (κ3) is 4.18. The van der Waals surface area contributed by atoms with Crippen LogP contribution in [0.2, 0.25) is 0 Å². The minimum absolute atomic E-state index is 0.0617. The van der Waals surface area contributed by atoms with Crippen molar-refractivity contribution in [3.63, 3.8) is 0 Å². The first-order valence-electron chi connectivity index (χ1n) is 7.30. The smallest absolute Gasteiger partial charge is 0.135 e. The molecule has 0 fully saturated rings. The highest BCUT2D eigenvalue weighted by Gasteiger charge is 2.20. The Labute approximate surface area is 126 Å². The normalized spacial score (nSPS) is 11.4. The predicted octanol–water partition coefficient (Wildman–Crippen LogP) is 3.50. The summed E-state index contributed by atoms with van der Waals surface area (Å²) in [6.45, 7) is 8.17. The van der Waals surface area contributed by atoms with Crippen LogP contribution in [0.15, 0.2) is 30.3 Å². The molecule has 0 amide bonds. The van der Waals surface area contributed by atoms with E-state index >= 15 is 0 Å². The average Bonchev–Trinajstić information content (AvgIpc) is 2.43. The summed E-state index contributed by atoms with van der Waals surface area (Å²) in [5.41, 5.74) is 8.11. The van der Waals surface area contributed by atoms with Crippen molar-refractivity contribution in [2.45, 2.75) is 46.1 Å². The Balaban J connectivity index is 2.07. The Hall–Kier alpha value is -2.10. The van der Waals surface area contributed by atoms with Gasteiger partial charge in [0.15, 0.2) is 0 Å². The van der Waals surface area contributed by atoms with Crippen LogP contribution in [0.4, 0.5) is 11.6 Å². The van der Waals surface area contributed by atoms with Crippen LogP contribution in [0.25, 0.3) is 0 Å². The van der Waals surface area contributed by atoms with Crippen molar-refractivity contribution in [3.05, 3.63) is 47.3 Å². The van der Waals surface area contributed by atoms with E-state index in [1.807, 2.05) is 19.9 Å². The molecule has 0 aliphatic rings. The lowest BCUT2D eigenvalue weighted by Crippen LogP contribution is -2.32. The highest BCUT2D eigenvalue weighted by atomic mass is 15.1. The summed E-state index contributed by atoms with van der Waals surface area (Å²) in [6.07, 6.45) is 2.04. The second-order valence-corrected chi connectivity index (χ2v) is 6.12. The summed E-state index contributed by atoms with van der Waals surface area (Å²) < 4.78 is 0. The number of nitrogens with one attached hydrogen (secondary N) is 1. The Morgan fingerprint density at radius 1 is 1.10 bits per heavy atom. The van der Waals surface area contributed by atoms with Gasteiger partial charge in [0.2, 0.25) is 0 Å². The van der Waals surface area contributed by atoms with E-state index in [1.165, 1.54) is 5.56 Å². The maximum Gasteiger partial charge on any atom is 0.135 e. The van der Waals surface area contributed by atoms with E-state index in [-0.39, 0.29) is 5.54 Å². The summed E-state index contributed by atoms with van der Waals surface area (Å²) in [4.78, 5) is 8.66. The molecule has 0 aliphatic heterocycles. The van der Waals surface area contributed by atoms with Crippen LogP contribution in [0.1, 0.15) is 37.2 Å². The van der Waals surface area contributed by atoms with E-state index < -0.39 is 0 Å². The van der Waals surface area contributed by atoms with E-state index in [9.17, 15) is 0 Å². The average molecular weight is 284 g/mol. The number of nitrogens with zero attached hydrogens (tertiary/aromatic N) is 2. The van der Waals surface area contributed by atoms with Gasteiger partial charge in [0.1, 0.15) is 17.5 Å². The van der Waals surface area contributed by atoms with Crippen molar-refractivity contribution in [1.82, 2.24) is 9.97 Å². The standard InChI is InChI=1S/C17H24N4/c1-12-15(18)19-13(2)20-16(12)21-17(3,4)11-10-14-8-6-5-7-9-14/h5-9H,10-11H2,1-4H3,(H3,18,19,20,21). The topological polar surface area (TPSA) is 63.8 Å². The number of rotatable bonds is 5. The van der Waals surface area contributed by atoms with Gasteiger partial charge in [-0.25, -0.2) is 9.97 Å². The number of nitrogen functional groups attached to an aromatic ring is 1. The van der Waals surface area contributed by atoms with Crippen molar-refractivity contribution in [2.24, 2.45) is 0 Å². The molecule has 112 valence electrons. The van der Waals surface area contributed by atoms with Gasteiger partial charge in [-0.3, -0.25) is 0 Å². The van der Waals surface area contributed by atoms with Crippen molar-refractivity contribution in [1.29, 1.82) is 0 Å². The van der Waals surface area contributed by atoms with Gasteiger partial charge in [-0.15, -0.1) is 0 Å². The largest absolute Gasteiger partial charge is 0.383 e. The summed E-state index contributed by atoms with van der Waals surface area (Å²) in [5, 5.41) is 3.51. The molecule has 0 aliphatic carbocycles. The molecule has 2 rings (SSSR count). The molecule has 21 heavy (non-hydrogen) atoms. The van der Waals surface area contributed by atoms with E-state index in [1.54, 1.807) is 0 Å². The molecule has 0 saturated carbocycles. The quantitative estimate of drug-likeness (QED) is 0.882. The maximum absolute atomic E-state index is 5.91. The fraction of sp³-hybridized carbons (Fsp3) is 0.412. The number of benzene rings is 1. The van der Waals surface area contributed by atoms with E-state index in [0.29, 0.717) is 11.6 Å². The van der Waals surface area contributed by atoms with E-state index in [0.717, 1.165) is 24.2 Å². The van der Waals surface area contributed by atoms with Gasteiger partial charge in [0, 0.05) is 11.1 Å². The minimum atomic E-state index is -0.0617. The van der Waals surface area contributed by atoms with Gasteiger partial charge in [-0.05, 0) is 46.1 Å². The van der Waals surface area contributed by atoms with Crippen molar-refractivity contribution in [2.75, 3.05) is 11.1 Å². The fourth-order valence-corrected chi connectivity index (χ4v) is 2.26. The van der Waals surface area contributed by atoms with Gasteiger partial charge >= 0.3 is 0 Å². The number of hydrogen-bond acceptors (Lipinski definition) is 4. The molecule has 0 unspecified atom stereocenters. The van der Waals surface area contributed by atoms with Crippen LogP contribution in [0, 0.1) is 13.8 Å². The summed E-state index contributed by atoms with van der Waals surface area (Å²) in [6, 6.07) is 10.5. The lowest BCUT2D eigenvalue weighted by Gasteiger charge is -2.28. The summed E-state index contributed by atoms with van der Waals surface area (Å²) in [5.74, 6) is 2.07. The van der Waals surface area contributed by atoms with Gasteiger partial charge in [-0.2, -0.15) is 0 Å².